The minimum absolute atomic E-state index is 0.306. The van der Waals surface area contributed by atoms with E-state index in [2.05, 4.69) is 5.32 Å². The highest BCUT2D eigenvalue weighted by molar-refractivity contribution is 5.46. The lowest BCUT2D eigenvalue weighted by molar-refractivity contribution is 0.173. The minimum atomic E-state index is 0.306. The second-order valence-electron chi connectivity index (χ2n) is 4.56. The van der Waals surface area contributed by atoms with Gasteiger partial charge < -0.3 is 19.5 Å². The number of hydrogen-bond donors (Lipinski definition) is 1. The fraction of sp³-hybridized carbons (Fsp3) is 0.538. The molecule has 0 aromatic heterocycles. The zero-order valence-corrected chi connectivity index (χ0v) is 9.94. The first-order valence-corrected chi connectivity index (χ1v) is 6.06. The van der Waals surface area contributed by atoms with Crippen LogP contribution in [0.2, 0.25) is 0 Å². The van der Waals surface area contributed by atoms with E-state index in [-0.39, 0.29) is 0 Å². The van der Waals surface area contributed by atoms with Crippen LogP contribution >= 0.6 is 0 Å². The quantitative estimate of drug-likeness (QED) is 0.844. The van der Waals surface area contributed by atoms with Gasteiger partial charge in [0.2, 0.25) is 6.79 Å². The number of benzene rings is 1. The lowest BCUT2D eigenvalue weighted by atomic mass is 10.2. The molecule has 4 nitrogen and oxygen atoms in total. The first-order valence-electron chi connectivity index (χ1n) is 6.06. The molecule has 0 amide bonds. The van der Waals surface area contributed by atoms with Gasteiger partial charge in [0.15, 0.2) is 11.5 Å². The van der Waals surface area contributed by atoms with E-state index in [1.165, 1.54) is 12.8 Å². The van der Waals surface area contributed by atoms with Gasteiger partial charge in [-0.05, 0) is 37.9 Å². The fourth-order valence-electron chi connectivity index (χ4n) is 2.11. The van der Waals surface area contributed by atoms with E-state index in [4.69, 9.17) is 14.2 Å². The summed E-state index contributed by atoms with van der Waals surface area (Å²) in [5.41, 5.74) is 0. The van der Waals surface area contributed by atoms with Crippen molar-refractivity contribution < 1.29 is 14.2 Å². The molecule has 1 unspecified atom stereocenters. The highest BCUT2D eigenvalue weighted by Gasteiger charge is 2.30. The highest BCUT2D eigenvalue weighted by atomic mass is 16.7. The van der Waals surface area contributed by atoms with E-state index >= 15 is 0 Å². The average Bonchev–Trinajstić information content (AvgIpc) is 3.08. The molecule has 1 saturated carbocycles. The Morgan fingerprint density at radius 3 is 2.94 bits per heavy atom. The summed E-state index contributed by atoms with van der Waals surface area (Å²) >= 11 is 0. The fourth-order valence-corrected chi connectivity index (χ4v) is 2.11. The summed E-state index contributed by atoms with van der Waals surface area (Å²) in [7, 11) is 1.99. The van der Waals surface area contributed by atoms with Gasteiger partial charge in [0.1, 0.15) is 12.4 Å². The van der Waals surface area contributed by atoms with E-state index in [0.29, 0.717) is 19.4 Å². The first-order chi connectivity index (χ1) is 8.36. The van der Waals surface area contributed by atoms with E-state index in [1.54, 1.807) is 0 Å². The Morgan fingerprint density at radius 2 is 2.18 bits per heavy atom. The van der Waals surface area contributed by atoms with E-state index in [0.717, 1.165) is 23.2 Å². The number of hydrogen-bond acceptors (Lipinski definition) is 4. The van der Waals surface area contributed by atoms with Crippen LogP contribution in [0.3, 0.4) is 0 Å². The summed E-state index contributed by atoms with van der Waals surface area (Å²) in [5.74, 6) is 3.20. The molecule has 92 valence electrons. The first kappa shape index (κ1) is 10.7. The van der Waals surface area contributed by atoms with Crippen molar-refractivity contribution >= 4 is 0 Å². The van der Waals surface area contributed by atoms with Crippen molar-refractivity contribution in [2.75, 3.05) is 20.4 Å². The standard InChI is InChI=1S/C13H17NO3/c1-14-11(9-2-3-9)7-15-10-4-5-12-13(6-10)17-8-16-12/h4-6,9,11,14H,2-3,7-8H2,1H3. The molecular formula is C13H17NO3. The van der Waals surface area contributed by atoms with Crippen LogP contribution in [0, 0.1) is 5.92 Å². The topological polar surface area (TPSA) is 39.7 Å². The Kier molecular flexibility index (Phi) is 2.81. The van der Waals surface area contributed by atoms with Gasteiger partial charge in [-0.2, -0.15) is 0 Å². The van der Waals surface area contributed by atoms with E-state index in [9.17, 15) is 0 Å². The van der Waals surface area contributed by atoms with Crippen LogP contribution in [0.15, 0.2) is 18.2 Å². The molecule has 1 aromatic rings. The highest BCUT2D eigenvalue weighted by Crippen LogP contribution is 2.36. The molecule has 4 heteroatoms. The number of likely N-dealkylation sites (N-methyl/N-ethyl adjacent to an activating group) is 1. The molecule has 0 radical (unpaired) electrons. The van der Waals surface area contributed by atoms with Crippen molar-refractivity contribution in [1.82, 2.24) is 5.32 Å². The Bertz CT molecular complexity index is 404. The number of fused-ring (bicyclic) bond motifs is 1. The van der Waals surface area contributed by atoms with Crippen LogP contribution < -0.4 is 19.5 Å². The van der Waals surface area contributed by atoms with Gasteiger partial charge in [0, 0.05) is 12.1 Å². The van der Waals surface area contributed by atoms with Crippen molar-refractivity contribution in [3.63, 3.8) is 0 Å². The van der Waals surface area contributed by atoms with Crippen LogP contribution in [0.25, 0.3) is 0 Å². The summed E-state index contributed by atoms with van der Waals surface area (Å²) in [4.78, 5) is 0. The molecule has 1 aromatic carbocycles. The SMILES string of the molecule is CNC(COc1ccc2c(c1)OCO2)C1CC1. The predicted octanol–water partition coefficient (Wildman–Crippen LogP) is 1.79. The van der Waals surface area contributed by atoms with E-state index in [1.807, 2.05) is 25.2 Å². The molecular weight excluding hydrogens is 218 g/mol. The molecule has 1 heterocycles. The summed E-state index contributed by atoms with van der Waals surface area (Å²) < 4.78 is 16.4. The normalized spacial score (nSPS) is 19.1. The number of rotatable bonds is 5. The Hall–Kier alpha value is -1.42. The van der Waals surface area contributed by atoms with Crippen molar-refractivity contribution in [2.45, 2.75) is 18.9 Å². The molecule has 0 bridgehead atoms. The summed E-state index contributed by atoms with van der Waals surface area (Å²) in [6, 6.07) is 6.17. The lowest BCUT2D eigenvalue weighted by Crippen LogP contribution is -2.33. The van der Waals surface area contributed by atoms with Crippen LogP contribution in [-0.4, -0.2) is 26.5 Å². The molecule has 1 aliphatic heterocycles. The molecule has 1 atom stereocenters. The zero-order chi connectivity index (χ0) is 11.7. The average molecular weight is 235 g/mol. The van der Waals surface area contributed by atoms with Crippen molar-refractivity contribution in [3.8, 4) is 17.2 Å². The monoisotopic (exact) mass is 235 g/mol. The van der Waals surface area contributed by atoms with Gasteiger partial charge in [0.25, 0.3) is 0 Å². The second-order valence-corrected chi connectivity index (χ2v) is 4.56. The molecule has 3 rings (SSSR count). The Morgan fingerprint density at radius 1 is 1.35 bits per heavy atom. The summed E-state index contributed by atoms with van der Waals surface area (Å²) in [5, 5.41) is 3.31. The molecule has 2 aliphatic rings. The molecule has 1 fully saturated rings. The number of nitrogens with one attached hydrogen (secondary N) is 1. The van der Waals surface area contributed by atoms with Gasteiger partial charge in [0.05, 0.1) is 0 Å². The maximum atomic E-state index is 5.79. The van der Waals surface area contributed by atoms with Crippen molar-refractivity contribution in [2.24, 2.45) is 5.92 Å². The molecule has 0 saturated heterocycles. The van der Waals surface area contributed by atoms with E-state index < -0.39 is 0 Å². The smallest absolute Gasteiger partial charge is 0.231 e. The van der Waals surface area contributed by atoms with Gasteiger partial charge >= 0.3 is 0 Å². The Labute approximate surface area is 101 Å². The number of ether oxygens (including phenoxy) is 3. The van der Waals surface area contributed by atoms with Crippen LogP contribution in [-0.2, 0) is 0 Å². The zero-order valence-electron chi connectivity index (χ0n) is 9.94. The lowest BCUT2D eigenvalue weighted by Gasteiger charge is -2.16. The second kappa shape index (κ2) is 4.45. The van der Waals surface area contributed by atoms with Crippen LogP contribution in [0.5, 0.6) is 17.2 Å². The van der Waals surface area contributed by atoms with Crippen molar-refractivity contribution in [3.05, 3.63) is 18.2 Å². The minimum Gasteiger partial charge on any atom is -0.492 e. The third-order valence-electron chi connectivity index (χ3n) is 3.34. The van der Waals surface area contributed by atoms with Crippen molar-refractivity contribution in [1.29, 1.82) is 0 Å². The molecule has 1 aliphatic carbocycles. The largest absolute Gasteiger partial charge is 0.492 e. The third kappa shape index (κ3) is 2.31. The van der Waals surface area contributed by atoms with Gasteiger partial charge in [-0.3, -0.25) is 0 Å². The molecule has 1 N–H and O–H groups in total. The van der Waals surface area contributed by atoms with Gasteiger partial charge in [-0.1, -0.05) is 0 Å². The van der Waals surface area contributed by atoms with Gasteiger partial charge in [-0.15, -0.1) is 0 Å². The van der Waals surface area contributed by atoms with Crippen LogP contribution in [0.4, 0.5) is 0 Å². The molecule has 17 heavy (non-hydrogen) atoms. The maximum Gasteiger partial charge on any atom is 0.231 e. The predicted molar refractivity (Wildman–Crippen MR) is 63.6 cm³/mol. The summed E-state index contributed by atoms with van der Waals surface area (Å²) in [6.07, 6.45) is 2.63. The maximum absolute atomic E-state index is 5.79. The third-order valence-corrected chi connectivity index (χ3v) is 3.34. The molecule has 0 spiro atoms. The van der Waals surface area contributed by atoms with Gasteiger partial charge in [-0.25, -0.2) is 0 Å². The Balaban J connectivity index is 1.61. The van der Waals surface area contributed by atoms with Crippen LogP contribution in [0.1, 0.15) is 12.8 Å². The summed E-state index contributed by atoms with van der Waals surface area (Å²) in [6.45, 7) is 1.01.